The molecule has 0 aliphatic carbocycles. The van der Waals surface area contributed by atoms with Gasteiger partial charge in [-0.2, -0.15) is 0 Å². The fraction of sp³-hybridized carbons (Fsp3) is 0.385. The normalized spacial score (nSPS) is 18.1. The van der Waals surface area contributed by atoms with Gasteiger partial charge in [-0.3, -0.25) is 9.59 Å². The van der Waals surface area contributed by atoms with E-state index in [1.807, 2.05) is 0 Å². The number of halogens is 2. The second-order valence-electron chi connectivity index (χ2n) is 4.62. The number of nitrogens with zero attached hydrogens (tertiary/aromatic N) is 1. The van der Waals surface area contributed by atoms with Crippen molar-refractivity contribution in [3.63, 3.8) is 0 Å². The zero-order valence-corrected chi connectivity index (χ0v) is 12.4. The van der Waals surface area contributed by atoms with Crippen molar-refractivity contribution in [3.05, 3.63) is 27.7 Å². The molecule has 0 spiro atoms. The Hall–Kier alpha value is -1.46. The molecule has 1 saturated heterocycles. The number of benzene rings is 1. The topological polar surface area (TPSA) is 72.6 Å². The predicted octanol–water partition coefficient (Wildman–Crippen LogP) is 2.21. The highest BCUT2D eigenvalue weighted by Gasteiger charge is 2.32. The fourth-order valence-corrected chi connectivity index (χ4v) is 2.56. The summed E-state index contributed by atoms with van der Waals surface area (Å²) in [6, 6.07) is 2.97. The van der Waals surface area contributed by atoms with Crippen molar-refractivity contribution in [3.8, 4) is 0 Å². The number of anilines is 1. The Kier molecular flexibility index (Phi) is 4.40. The molecule has 2 N–H and O–H groups in total. The summed E-state index contributed by atoms with van der Waals surface area (Å²) in [6.07, 6.45) is 0.592. The van der Waals surface area contributed by atoms with Gasteiger partial charge in [-0.1, -0.05) is 23.2 Å². The van der Waals surface area contributed by atoms with Crippen molar-refractivity contribution < 1.29 is 14.3 Å². The number of nitrogens with two attached hydrogens (primary N) is 1. The van der Waals surface area contributed by atoms with Crippen LogP contribution in [0.25, 0.3) is 0 Å². The van der Waals surface area contributed by atoms with Crippen LogP contribution in [0.1, 0.15) is 16.8 Å². The number of carbonyl (C=O) groups is 2. The van der Waals surface area contributed by atoms with E-state index >= 15 is 0 Å². The van der Waals surface area contributed by atoms with Crippen molar-refractivity contribution in [2.75, 3.05) is 25.9 Å². The summed E-state index contributed by atoms with van der Waals surface area (Å²) in [5.74, 6) is -0.792. The number of methoxy groups -OCH3 is 1. The summed E-state index contributed by atoms with van der Waals surface area (Å²) in [4.78, 5) is 25.4. The molecule has 1 aliphatic rings. The smallest absolute Gasteiger partial charge is 0.310 e. The molecule has 1 fully saturated rings. The van der Waals surface area contributed by atoms with Crippen molar-refractivity contribution in [1.82, 2.24) is 4.90 Å². The van der Waals surface area contributed by atoms with Crippen molar-refractivity contribution in [2.24, 2.45) is 5.92 Å². The molecule has 5 nitrogen and oxygen atoms in total. The van der Waals surface area contributed by atoms with Crippen molar-refractivity contribution in [2.45, 2.75) is 6.42 Å². The van der Waals surface area contributed by atoms with Gasteiger partial charge >= 0.3 is 5.97 Å². The third kappa shape index (κ3) is 2.83. The SMILES string of the molecule is COC(=O)C1CCN(C(=O)c2cc(N)c(Cl)c(Cl)c2)C1. The Balaban J connectivity index is 2.15. The Labute approximate surface area is 126 Å². The van der Waals surface area contributed by atoms with Crippen LogP contribution in [0.15, 0.2) is 12.1 Å². The number of hydrogen-bond acceptors (Lipinski definition) is 4. The zero-order chi connectivity index (χ0) is 14.9. The van der Waals surface area contributed by atoms with Gasteiger partial charge in [0.05, 0.1) is 28.8 Å². The van der Waals surface area contributed by atoms with E-state index in [1.165, 1.54) is 19.2 Å². The van der Waals surface area contributed by atoms with Crippen LogP contribution in [-0.4, -0.2) is 37.0 Å². The number of rotatable bonds is 2. The van der Waals surface area contributed by atoms with Crippen LogP contribution in [0.2, 0.25) is 10.0 Å². The maximum absolute atomic E-state index is 12.3. The van der Waals surface area contributed by atoms with Gasteiger partial charge in [-0.15, -0.1) is 0 Å². The molecular formula is C13H14Cl2N2O3. The molecule has 0 radical (unpaired) electrons. The predicted molar refractivity (Wildman–Crippen MR) is 76.9 cm³/mol. The van der Waals surface area contributed by atoms with Crippen molar-refractivity contribution in [1.29, 1.82) is 0 Å². The first kappa shape index (κ1) is 14.9. The number of ether oxygens (including phenoxy) is 1. The van der Waals surface area contributed by atoms with Gasteiger partial charge in [0.15, 0.2) is 0 Å². The van der Waals surface area contributed by atoms with E-state index in [4.69, 9.17) is 28.9 Å². The van der Waals surface area contributed by atoms with E-state index in [1.54, 1.807) is 4.90 Å². The molecule has 2 rings (SSSR count). The van der Waals surface area contributed by atoms with Crippen molar-refractivity contribution >= 4 is 40.8 Å². The minimum Gasteiger partial charge on any atom is -0.469 e. The highest BCUT2D eigenvalue weighted by Crippen LogP contribution is 2.30. The Morgan fingerprint density at radius 1 is 1.40 bits per heavy atom. The highest BCUT2D eigenvalue weighted by molar-refractivity contribution is 6.43. The first-order valence-corrected chi connectivity index (χ1v) is 6.81. The Morgan fingerprint density at radius 2 is 2.10 bits per heavy atom. The molecule has 1 unspecified atom stereocenters. The number of amides is 1. The summed E-state index contributed by atoms with van der Waals surface area (Å²) in [6.45, 7) is 0.838. The lowest BCUT2D eigenvalue weighted by Crippen LogP contribution is -2.30. The average molecular weight is 317 g/mol. The van der Waals surface area contributed by atoms with Gasteiger partial charge in [-0.25, -0.2) is 0 Å². The molecule has 1 amide bonds. The average Bonchev–Trinajstić information content (AvgIpc) is 2.92. The summed E-state index contributed by atoms with van der Waals surface area (Å²) in [5, 5.41) is 0.468. The Morgan fingerprint density at radius 3 is 2.70 bits per heavy atom. The maximum atomic E-state index is 12.3. The molecule has 1 aromatic rings. The molecule has 108 valence electrons. The van der Waals surface area contributed by atoms with E-state index in [0.29, 0.717) is 25.1 Å². The van der Waals surface area contributed by atoms with Gasteiger partial charge in [0, 0.05) is 18.7 Å². The lowest BCUT2D eigenvalue weighted by molar-refractivity contribution is -0.144. The highest BCUT2D eigenvalue weighted by atomic mass is 35.5. The number of esters is 1. The number of nitrogen functional groups attached to an aromatic ring is 1. The standard InChI is InChI=1S/C13H14Cl2N2O3/c1-20-13(19)7-2-3-17(6-7)12(18)8-4-9(14)11(15)10(16)5-8/h4-5,7H,2-3,6,16H2,1H3. The lowest BCUT2D eigenvalue weighted by Gasteiger charge is -2.17. The maximum Gasteiger partial charge on any atom is 0.310 e. The minimum atomic E-state index is -0.297. The summed E-state index contributed by atoms with van der Waals surface area (Å²) in [7, 11) is 1.34. The zero-order valence-electron chi connectivity index (χ0n) is 10.9. The van der Waals surface area contributed by atoms with Crippen LogP contribution >= 0.6 is 23.2 Å². The second-order valence-corrected chi connectivity index (χ2v) is 5.41. The molecule has 1 aromatic carbocycles. The third-order valence-electron chi connectivity index (χ3n) is 3.31. The van der Waals surface area contributed by atoms with Crippen LogP contribution in [0, 0.1) is 5.92 Å². The van der Waals surface area contributed by atoms with Crippen LogP contribution in [0.4, 0.5) is 5.69 Å². The first-order valence-electron chi connectivity index (χ1n) is 6.05. The van der Waals surface area contributed by atoms with Gasteiger partial charge in [0.2, 0.25) is 0 Å². The monoisotopic (exact) mass is 316 g/mol. The molecule has 0 saturated carbocycles. The number of likely N-dealkylation sites (tertiary alicyclic amines) is 1. The Bertz CT molecular complexity index is 540. The number of carbonyl (C=O) groups excluding carboxylic acids is 2. The fourth-order valence-electron chi connectivity index (χ4n) is 2.22. The van der Waals surface area contributed by atoms with Gasteiger partial charge in [0.25, 0.3) is 5.91 Å². The first-order chi connectivity index (χ1) is 9.43. The van der Waals surface area contributed by atoms with Crippen LogP contribution < -0.4 is 5.73 Å². The second kappa shape index (κ2) is 5.89. The quantitative estimate of drug-likeness (QED) is 0.670. The molecule has 0 bridgehead atoms. The molecule has 7 heteroatoms. The molecule has 20 heavy (non-hydrogen) atoms. The van der Waals surface area contributed by atoms with E-state index in [2.05, 4.69) is 4.74 Å². The lowest BCUT2D eigenvalue weighted by atomic mass is 10.1. The van der Waals surface area contributed by atoms with Crippen LogP contribution in [-0.2, 0) is 9.53 Å². The summed E-state index contributed by atoms with van der Waals surface area (Å²) in [5.41, 5.74) is 6.31. The van der Waals surface area contributed by atoms with E-state index in [-0.39, 0.29) is 33.5 Å². The molecular weight excluding hydrogens is 303 g/mol. The summed E-state index contributed by atoms with van der Waals surface area (Å²) < 4.78 is 4.69. The summed E-state index contributed by atoms with van der Waals surface area (Å²) >= 11 is 11.8. The largest absolute Gasteiger partial charge is 0.469 e. The van der Waals surface area contributed by atoms with Gasteiger partial charge < -0.3 is 15.4 Å². The minimum absolute atomic E-state index is 0.221. The van der Waals surface area contributed by atoms with E-state index in [9.17, 15) is 9.59 Å². The van der Waals surface area contributed by atoms with E-state index < -0.39 is 0 Å². The molecule has 1 heterocycles. The van der Waals surface area contributed by atoms with Gasteiger partial charge in [0.1, 0.15) is 0 Å². The van der Waals surface area contributed by atoms with Crippen LogP contribution in [0.5, 0.6) is 0 Å². The van der Waals surface area contributed by atoms with E-state index in [0.717, 1.165) is 0 Å². The van der Waals surface area contributed by atoms with Gasteiger partial charge in [-0.05, 0) is 18.6 Å². The number of hydrogen-bond donors (Lipinski definition) is 1. The molecule has 1 aliphatic heterocycles. The third-order valence-corrected chi connectivity index (χ3v) is 4.13. The molecule has 1 atom stereocenters. The molecule has 0 aromatic heterocycles. The van der Waals surface area contributed by atoms with Crippen LogP contribution in [0.3, 0.4) is 0 Å².